The normalized spacial score (nSPS) is 19.6. The van der Waals surface area contributed by atoms with Crippen LogP contribution in [0.1, 0.15) is 42.0 Å². The van der Waals surface area contributed by atoms with Crippen LogP contribution in [0.5, 0.6) is 0 Å². The Morgan fingerprint density at radius 2 is 1.92 bits per heavy atom. The zero-order valence-electron chi connectivity index (χ0n) is 14.1. The van der Waals surface area contributed by atoms with Gasteiger partial charge in [0.25, 0.3) is 0 Å². The Morgan fingerprint density at radius 1 is 1.16 bits per heavy atom. The van der Waals surface area contributed by atoms with E-state index in [0.717, 1.165) is 36.1 Å². The van der Waals surface area contributed by atoms with Crippen LogP contribution in [0.15, 0.2) is 42.5 Å². The van der Waals surface area contributed by atoms with E-state index in [1.165, 1.54) is 0 Å². The highest BCUT2D eigenvalue weighted by atomic mass is 35.5. The first-order valence-electron chi connectivity index (χ1n) is 8.48. The summed E-state index contributed by atoms with van der Waals surface area (Å²) in [6.07, 6.45) is 2.60. The fraction of sp³-hybridized carbons (Fsp3) is 0.350. The molecular formula is C20H21Cl2NO2. The number of nitrogens with zero attached hydrogens (tertiary/aromatic N) is 1. The summed E-state index contributed by atoms with van der Waals surface area (Å²) in [6, 6.07) is 13.0. The predicted octanol–water partition coefficient (Wildman–Crippen LogP) is 5.33. The van der Waals surface area contributed by atoms with E-state index in [-0.39, 0.29) is 6.04 Å². The van der Waals surface area contributed by atoms with E-state index < -0.39 is 12.0 Å². The second-order valence-corrected chi connectivity index (χ2v) is 7.33. The van der Waals surface area contributed by atoms with Crippen molar-refractivity contribution in [1.29, 1.82) is 0 Å². The lowest BCUT2D eigenvalue weighted by atomic mass is 9.89. The number of rotatable bonds is 4. The molecule has 0 spiro atoms. The van der Waals surface area contributed by atoms with Gasteiger partial charge in [0.2, 0.25) is 0 Å². The van der Waals surface area contributed by atoms with Gasteiger partial charge in [-0.15, -0.1) is 0 Å². The molecule has 25 heavy (non-hydrogen) atoms. The molecule has 0 bridgehead atoms. The predicted molar refractivity (Wildman–Crippen MR) is 101 cm³/mol. The number of aryl methyl sites for hydroxylation is 1. The van der Waals surface area contributed by atoms with Crippen molar-refractivity contribution in [3.05, 3.63) is 69.2 Å². The first kappa shape index (κ1) is 18.2. The Kier molecular flexibility index (Phi) is 5.67. The van der Waals surface area contributed by atoms with E-state index in [4.69, 9.17) is 23.2 Å². The minimum atomic E-state index is -0.765. The lowest BCUT2D eigenvalue weighted by molar-refractivity contribution is -0.145. The van der Waals surface area contributed by atoms with Gasteiger partial charge in [0.15, 0.2) is 0 Å². The van der Waals surface area contributed by atoms with E-state index in [0.29, 0.717) is 16.5 Å². The van der Waals surface area contributed by atoms with Crippen LogP contribution in [0.3, 0.4) is 0 Å². The number of hydrogen-bond donors (Lipinski definition) is 1. The first-order valence-corrected chi connectivity index (χ1v) is 9.23. The summed E-state index contributed by atoms with van der Waals surface area (Å²) in [7, 11) is 0. The topological polar surface area (TPSA) is 40.5 Å². The molecule has 2 aromatic rings. The van der Waals surface area contributed by atoms with Crippen molar-refractivity contribution >= 4 is 29.2 Å². The van der Waals surface area contributed by atoms with Crippen LogP contribution in [-0.2, 0) is 4.79 Å². The molecule has 5 heteroatoms. The Bertz CT molecular complexity index is 778. The maximum Gasteiger partial charge on any atom is 0.320 e. The summed E-state index contributed by atoms with van der Waals surface area (Å²) >= 11 is 12.3. The second kappa shape index (κ2) is 7.77. The van der Waals surface area contributed by atoms with E-state index in [1.807, 2.05) is 24.3 Å². The number of benzene rings is 2. The number of likely N-dealkylation sites (tertiary alicyclic amines) is 1. The maximum absolute atomic E-state index is 11.8. The van der Waals surface area contributed by atoms with E-state index in [2.05, 4.69) is 24.0 Å². The number of hydrogen-bond acceptors (Lipinski definition) is 2. The van der Waals surface area contributed by atoms with Gasteiger partial charge in [-0.25, -0.2) is 0 Å². The molecule has 3 nitrogen and oxygen atoms in total. The number of piperidine rings is 1. The molecule has 0 radical (unpaired) electrons. The zero-order chi connectivity index (χ0) is 18.0. The van der Waals surface area contributed by atoms with Crippen LogP contribution in [-0.4, -0.2) is 28.6 Å². The van der Waals surface area contributed by atoms with Gasteiger partial charge in [-0.3, -0.25) is 9.69 Å². The van der Waals surface area contributed by atoms with Crippen molar-refractivity contribution in [2.24, 2.45) is 0 Å². The lowest BCUT2D eigenvalue weighted by Gasteiger charge is -2.40. The van der Waals surface area contributed by atoms with Gasteiger partial charge in [0.1, 0.15) is 6.04 Å². The molecule has 132 valence electrons. The number of carboxylic acids is 1. The third-order valence-electron chi connectivity index (χ3n) is 4.90. The van der Waals surface area contributed by atoms with Gasteiger partial charge in [0, 0.05) is 0 Å². The summed E-state index contributed by atoms with van der Waals surface area (Å²) in [5.41, 5.74) is 3.21. The molecule has 0 aromatic heterocycles. The Balaban J connectivity index is 2.13. The molecule has 1 heterocycles. The summed E-state index contributed by atoms with van der Waals surface area (Å²) < 4.78 is 0. The molecule has 2 aromatic carbocycles. The van der Waals surface area contributed by atoms with Gasteiger partial charge in [-0.2, -0.15) is 0 Å². The minimum absolute atomic E-state index is 0.155. The van der Waals surface area contributed by atoms with Gasteiger partial charge in [-0.05, 0) is 55.1 Å². The molecule has 1 aliphatic heterocycles. The van der Waals surface area contributed by atoms with Crippen LogP contribution >= 0.6 is 23.2 Å². The van der Waals surface area contributed by atoms with Crippen molar-refractivity contribution in [1.82, 2.24) is 4.90 Å². The summed E-state index contributed by atoms with van der Waals surface area (Å²) in [6.45, 7) is 2.80. The Morgan fingerprint density at radius 3 is 2.60 bits per heavy atom. The van der Waals surface area contributed by atoms with Gasteiger partial charge in [-0.1, -0.05) is 60.0 Å². The third-order valence-corrected chi connectivity index (χ3v) is 5.64. The molecular weight excluding hydrogens is 357 g/mol. The first-order chi connectivity index (χ1) is 12.0. The highest BCUT2D eigenvalue weighted by molar-refractivity contribution is 6.42. The molecule has 0 saturated carbocycles. The number of halogens is 2. The zero-order valence-corrected chi connectivity index (χ0v) is 15.6. The van der Waals surface area contributed by atoms with Crippen molar-refractivity contribution in [2.45, 2.75) is 38.3 Å². The number of carboxylic acid groups (broad SMARTS) is 1. The van der Waals surface area contributed by atoms with Crippen molar-refractivity contribution in [3.8, 4) is 0 Å². The van der Waals surface area contributed by atoms with Crippen LogP contribution in [0.25, 0.3) is 0 Å². The second-order valence-electron chi connectivity index (χ2n) is 6.52. The molecule has 1 aliphatic rings. The highest BCUT2D eigenvalue weighted by Gasteiger charge is 2.35. The lowest BCUT2D eigenvalue weighted by Crippen LogP contribution is -2.47. The molecule has 0 aliphatic carbocycles. The largest absolute Gasteiger partial charge is 0.480 e. The van der Waals surface area contributed by atoms with Gasteiger partial charge >= 0.3 is 5.97 Å². The van der Waals surface area contributed by atoms with Gasteiger partial charge in [0.05, 0.1) is 16.1 Å². The van der Waals surface area contributed by atoms with Crippen LogP contribution < -0.4 is 0 Å². The van der Waals surface area contributed by atoms with E-state index in [1.54, 1.807) is 6.07 Å². The van der Waals surface area contributed by atoms with Crippen molar-refractivity contribution in [2.75, 3.05) is 6.54 Å². The fourth-order valence-electron chi connectivity index (χ4n) is 3.65. The van der Waals surface area contributed by atoms with Crippen LogP contribution in [0, 0.1) is 6.92 Å². The van der Waals surface area contributed by atoms with Crippen LogP contribution in [0.2, 0.25) is 10.0 Å². The molecule has 1 N–H and O–H groups in total. The quantitative estimate of drug-likeness (QED) is 0.782. The molecule has 2 atom stereocenters. The van der Waals surface area contributed by atoms with E-state index >= 15 is 0 Å². The molecule has 1 fully saturated rings. The Hall–Kier alpha value is -1.55. The molecule has 0 amide bonds. The van der Waals surface area contributed by atoms with Crippen LogP contribution in [0.4, 0.5) is 0 Å². The monoisotopic (exact) mass is 377 g/mol. The average Bonchev–Trinajstić information content (AvgIpc) is 2.60. The standard InChI is InChI=1S/C20H21Cl2NO2/c1-13-6-2-3-7-15(13)19(14-9-10-16(21)17(22)12-14)23-11-5-4-8-18(23)20(24)25/h2-3,6-7,9-10,12,18-19H,4-5,8,11H2,1H3,(H,24,25). The molecule has 2 unspecified atom stereocenters. The fourth-order valence-corrected chi connectivity index (χ4v) is 3.96. The average molecular weight is 378 g/mol. The smallest absolute Gasteiger partial charge is 0.320 e. The maximum atomic E-state index is 11.8. The van der Waals surface area contributed by atoms with Crippen molar-refractivity contribution in [3.63, 3.8) is 0 Å². The molecule has 3 rings (SSSR count). The summed E-state index contributed by atoms with van der Waals surface area (Å²) in [5, 5.41) is 10.7. The summed E-state index contributed by atoms with van der Waals surface area (Å²) in [5.74, 6) is -0.765. The van der Waals surface area contributed by atoms with Gasteiger partial charge < -0.3 is 5.11 Å². The number of aliphatic carboxylic acids is 1. The number of carbonyl (C=O) groups is 1. The Labute approximate surface area is 158 Å². The third kappa shape index (κ3) is 3.84. The SMILES string of the molecule is Cc1ccccc1C(c1ccc(Cl)c(Cl)c1)N1CCCCC1C(=O)O. The minimum Gasteiger partial charge on any atom is -0.480 e. The molecule has 1 saturated heterocycles. The summed E-state index contributed by atoms with van der Waals surface area (Å²) in [4.78, 5) is 13.9. The van der Waals surface area contributed by atoms with Crippen molar-refractivity contribution < 1.29 is 9.90 Å². The highest BCUT2D eigenvalue weighted by Crippen LogP contribution is 2.37. The van der Waals surface area contributed by atoms with E-state index in [9.17, 15) is 9.90 Å².